The van der Waals surface area contributed by atoms with Gasteiger partial charge in [-0.05, 0) is 36.2 Å². The molecule has 0 spiro atoms. The molecule has 2 fully saturated rings. The number of methoxy groups -OCH3 is 1. The molecule has 3 heterocycles. The van der Waals surface area contributed by atoms with Crippen molar-refractivity contribution in [2.75, 3.05) is 7.11 Å². The Kier molecular flexibility index (Phi) is 4.73. The Balaban J connectivity index is 1.89. The summed E-state index contributed by atoms with van der Waals surface area (Å²) in [4.78, 5) is 49.4. The number of aliphatic carboxylic acids is 2. The number of thioether (sulfide) groups is 1. The Labute approximate surface area is 162 Å². The SMILES string of the molecule is CO[C@@]1(NC(=O)C(C(=O)[O-])c2ccsc2)C(=O)N2[C@@H](C(=O)[O-])C(C)(C)S[C@@H]21. The van der Waals surface area contributed by atoms with Gasteiger partial charge in [0.25, 0.3) is 11.6 Å². The number of β-lactam (4-membered cyclic amide) rings is 1. The molecule has 0 bridgehead atoms. The number of carboxylic acids is 2. The van der Waals surface area contributed by atoms with Crippen LogP contribution in [0.4, 0.5) is 0 Å². The molecule has 1 aromatic heterocycles. The lowest BCUT2D eigenvalue weighted by Crippen LogP contribution is -2.81. The smallest absolute Gasteiger partial charge is 0.280 e. The summed E-state index contributed by atoms with van der Waals surface area (Å²) in [5, 5.41) is 27.6. The van der Waals surface area contributed by atoms with E-state index >= 15 is 0 Å². The van der Waals surface area contributed by atoms with Crippen LogP contribution in [0.15, 0.2) is 16.8 Å². The Morgan fingerprint density at radius 3 is 2.48 bits per heavy atom. The number of carbonyl (C=O) groups excluding carboxylic acids is 4. The van der Waals surface area contributed by atoms with Crippen LogP contribution in [0.1, 0.15) is 25.3 Å². The van der Waals surface area contributed by atoms with Crippen LogP contribution < -0.4 is 15.5 Å². The molecular weight excluding hydrogens is 396 g/mol. The maximum Gasteiger partial charge on any atom is 0.280 e. The molecule has 1 N–H and O–H groups in total. The lowest BCUT2D eigenvalue weighted by Gasteiger charge is -2.52. The van der Waals surface area contributed by atoms with Crippen LogP contribution in [0.5, 0.6) is 0 Å². The molecule has 11 heteroatoms. The van der Waals surface area contributed by atoms with Gasteiger partial charge in [0.1, 0.15) is 11.3 Å². The Hall–Kier alpha value is -2.11. The quantitative estimate of drug-likeness (QED) is 0.317. The van der Waals surface area contributed by atoms with Gasteiger partial charge in [-0.1, -0.05) is 0 Å². The zero-order valence-electron chi connectivity index (χ0n) is 14.6. The van der Waals surface area contributed by atoms with Gasteiger partial charge in [0, 0.05) is 11.9 Å². The number of carbonyl (C=O) groups is 4. The Morgan fingerprint density at radius 2 is 2.00 bits per heavy atom. The molecule has 2 aliphatic rings. The second-order valence-electron chi connectivity index (χ2n) is 6.75. The number of thiophene rings is 1. The minimum Gasteiger partial charge on any atom is -0.549 e. The average molecular weight is 412 g/mol. The highest BCUT2D eigenvalue weighted by molar-refractivity contribution is 8.01. The van der Waals surface area contributed by atoms with Gasteiger partial charge < -0.3 is 34.8 Å². The fraction of sp³-hybridized carbons (Fsp3) is 0.500. The minimum atomic E-state index is -1.85. The molecule has 1 unspecified atom stereocenters. The van der Waals surface area contributed by atoms with Gasteiger partial charge in [-0.3, -0.25) is 9.59 Å². The van der Waals surface area contributed by atoms with Gasteiger partial charge in [-0.15, -0.1) is 11.8 Å². The summed E-state index contributed by atoms with van der Waals surface area (Å²) >= 11 is 2.34. The van der Waals surface area contributed by atoms with Crippen LogP contribution in [0.3, 0.4) is 0 Å². The highest BCUT2D eigenvalue weighted by atomic mass is 32.2. The molecule has 9 nitrogen and oxygen atoms in total. The van der Waals surface area contributed by atoms with Gasteiger partial charge in [-0.25, -0.2) is 0 Å². The second kappa shape index (κ2) is 6.50. The number of hydrogen-bond acceptors (Lipinski definition) is 9. The van der Waals surface area contributed by atoms with Gasteiger partial charge in [0.2, 0.25) is 5.91 Å². The molecule has 0 aliphatic carbocycles. The van der Waals surface area contributed by atoms with Gasteiger partial charge in [0.05, 0.1) is 18.0 Å². The lowest BCUT2D eigenvalue weighted by atomic mass is 9.92. The lowest BCUT2D eigenvalue weighted by molar-refractivity contribution is -0.314. The number of carboxylic acid groups (broad SMARTS) is 2. The molecule has 3 rings (SSSR count). The number of rotatable bonds is 6. The molecule has 0 saturated carbocycles. The first-order chi connectivity index (χ1) is 12.6. The van der Waals surface area contributed by atoms with E-state index < -0.39 is 51.6 Å². The monoisotopic (exact) mass is 412 g/mol. The molecule has 4 atom stereocenters. The number of ether oxygens (including phenoxy) is 1. The van der Waals surface area contributed by atoms with Crippen molar-refractivity contribution in [1.29, 1.82) is 0 Å². The first-order valence-corrected chi connectivity index (χ1v) is 9.70. The third kappa shape index (κ3) is 2.80. The zero-order valence-corrected chi connectivity index (χ0v) is 16.2. The molecular formula is C16H16N2O7S2-2. The maximum absolute atomic E-state index is 12.7. The highest BCUT2D eigenvalue weighted by Crippen LogP contribution is 2.54. The first-order valence-electron chi connectivity index (χ1n) is 7.88. The molecule has 2 amide bonds. The summed E-state index contributed by atoms with van der Waals surface area (Å²) in [6.07, 6.45) is 0. The Bertz CT molecular complexity index is 810. The topological polar surface area (TPSA) is 139 Å². The Morgan fingerprint density at radius 1 is 1.33 bits per heavy atom. The maximum atomic E-state index is 12.7. The van der Waals surface area contributed by atoms with Crippen molar-refractivity contribution < 1.29 is 34.1 Å². The van der Waals surface area contributed by atoms with Crippen LogP contribution in [-0.2, 0) is 23.9 Å². The molecule has 0 aromatic carbocycles. The van der Waals surface area contributed by atoms with Crippen molar-refractivity contribution in [3.8, 4) is 0 Å². The van der Waals surface area contributed by atoms with Crippen molar-refractivity contribution in [2.45, 2.75) is 41.7 Å². The van der Waals surface area contributed by atoms with Gasteiger partial charge >= 0.3 is 0 Å². The molecule has 27 heavy (non-hydrogen) atoms. The van der Waals surface area contributed by atoms with Gasteiger partial charge in [-0.2, -0.15) is 11.3 Å². The van der Waals surface area contributed by atoms with Crippen LogP contribution in [0.2, 0.25) is 0 Å². The fourth-order valence-corrected chi connectivity index (χ4v) is 5.81. The van der Waals surface area contributed by atoms with Crippen molar-refractivity contribution in [1.82, 2.24) is 10.2 Å². The highest BCUT2D eigenvalue weighted by Gasteiger charge is 2.72. The van der Waals surface area contributed by atoms with Crippen LogP contribution in [0, 0.1) is 0 Å². The van der Waals surface area contributed by atoms with Gasteiger partial charge in [0.15, 0.2) is 0 Å². The first kappa shape index (κ1) is 19.6. The largest absolute Gasteiger partial charge is 0.549 e. The van der Waals surface area contributed by atoms with E-state index in [0.29, 0.717) is 0 Å². The molecule has 0 radical (unpaired) electrons. The predicted octanol–water partition coefficient (Wildman–Crippen LogP) is -2.15. The number of fused-ring (bicyclic) bond motifs is 1. The van der Waals surface area contributed by atoms with E-state index in [1.54, 1.807) is 19.2 Å². The molecule has 2 aliphatic heterocycles. The van der Waals surface area contributed by atoms with E-state index in [0.717, 1.165) is 16.7 Å². The minimum absolute atomic E-state index is 0.222. The summed E-state index contributed by atoms with van der Waals surface area (Å²) in [6.45, 7) is 3.28. The summed E-state index contributed by atoms with van der Waals surface area (Å²) in [6, 6.07) is 0.271. The zero-order chi connectivity index (χ0) is 20.1. The third-order valence-electron chi connectivity index (χ3n) is 4.73. The van der Waals surface area contributed by atoms with Crippen molar-refractivity contribution in [3.63, 3.8) is 0 Å². The average Bonchev–Trinajstić information content (AvgIpc) is 3.16. The third-order valence-corrected chi connectivity index (χ3v) is 7.05. The number of nitrogens with zero attached hydrogens (tertiary/aromatic N) is 1. The van der Waals surface area contributed by atoms with E-state index in [9.17, 15) is 29.4 Å². The van der Waals surface area contributed by atoms with E-state index in [4.69, 9.17) is 4.74 Å². The standard InChI is InChI=1S/C16H18N2O7S2/c1-15(2)9(12(22)23)18-13(24)16(25-3,14(18)27-15)17-10(19)8(11(20)21)7-4-5-26-6-7/h4-6,8-9,14H,1-3H3,(H,17,19)(H,20,21)(H,22,23)/p-2/t8?,9-,14+,16-/m0/s1. The van der Waals surface area contributed by atoms with E-state index in [1.165, 1.54) is 29.9 Å². The second-order valence-corrected chi connectivity index (χ2v) is 9.26. The summed E-state index contributed by atoms with van der Waals surface area (Å²) in [7, 11) is 1.19. The van der Waals surface area contributed by atoms with E-state index in [-0.39, 0.29) is 5.56 Å². The van der Waals surface area contributed by atoms with Crippen LogP contribution >= 0.6 is 23.1 Å². The number of hydrogen-bond donors (Lipinski definition) is 1. The van der Waals surface area contributed by atoms with Crippen LogP contribution in [0.25, 0.3) is 0 Å². The molecule has 1 aromatic rings. The van der Waals surface area contributed by atoms with Crippen molar-refractivity contribution in [3.05, 3.63) is 22.4 Å². The van der Waals surface area contributed by atoms with Crippen LogP contribution in [-0.4, -0.2) is 57.7 Å². The normalized spacial score (nSPS) is 29.6. The number of amides is 2. The van der Waals surface area contributed by atoms with Crippen molar-refractivity contribution in [2.24, 2.45) is 0 Å². The van der Waals surface area contributed by atoms with Crippen molar-refractivity contribution >= 4 is 46.9 Å². The fourth-order valence-electron chi connectivity index (χ4n) is 3.45. The molecule has 146 valence electrons. The summed E-state index contributed by atoms with van der Waals surface area (Å²) in [5.41, 5.74) is -1.63. The summed E-state index contributed by atoms with van der Waals surface area (Å²) in [5.74, 6) is -6.39. The van der Waals surface area contributed by atoms with E-state index in [1.807, 2.05) is 0 Å². The van der Waals surface area contributed by atoms with E-state index in [2.05, 4.69) is 5.32 Å². The molecule has 2 saturated heterocycles. The summed E-state index contributed by atoms with van der Waals surface area (Å²) < 4.78 is 4.39. The predicted molar refractivity (Wildman–Crippen MR) is 91.0 cm³/mol. The number of nitrogens with one attached hydrogen (secondary N) is 1.